The highest BCUT2D eigenvalue weighted by Crippen LogP contribution is 2.30. The molecular formula is C19H30N4. The Bertz CT molecular complexity index is 680. The minimum Gasteiger partial charge on any atom is -0.398 e. The number of hydrogen-bond donors (Lipinski definition) is 1. The molecule has 0 bridgehead atoms. The molecule has 4 heteroatoms. The summed E-state index contributed by atoms with van der Waals surface area (Å²) in [5.41, 5.74) is 10.4. The van der Waals surface area contributed by atoms with Crippen molar-refractivity contribution in [2.75, 3.05) is 12.3 Å². The number of rotatable bonds is 3. The molecule has 4 nitrogen and oxygen atoms in total. The predicted octanol–water partition coefficient (Wildman–Crippen LogP) is 3.98. The minimum atomic E-state index is 0.0353. The van der Waals surface area contributed by atoms with Crippen molar-refractivity contribution in [2.24, 2.45) is 0 Å². The van der Waals surface area contributed by atoms with Crippen LogP contribution in [0.4, 0.5) is 5.69 Å². The fraction of sp³-hybridized carbons (Fsp3) is 0.632. The third-order valence-corrected chi connectivity index (χ3v) is 5.02. The highest BCUT2D eigenvalue weighted by molar-refractivity contribution is 5.51. The zero-order chi connectivity index (χ0) is 16.6. The fourth-order valence-corrected chi connectivity index (χ4v) is 3.78. The van der Waals surface area contributed by atoms with E-state index in [0.717, 1.165) is 17.9 Å². The van der Waals surface area contributed by atoms with E-state index in [9.17, 15) is 0 Å². The number of piperidine rings is 1. The number of hydrogen-bond acceptors (Lipinski definition) is 3. The van der Waals surface area contributed by atoms with Crippen molar-refractivity contribution in [2.45, 2.75) is 71.4 Å². The van der Waals surface area contributed by atoms with Gasteiger partial charge in [-0.15, -0.1) is 0 Å². The van der Waals surface area contributed by atoms with Crippen molar-refractivity contribution >= 4 is 11.3 Å². The van der Waals surface area contributed by atoms with Gasteiger partial charge in [0.1, 0.15) is 5.65 Å². The molecule has 0 aliphatic carbocycles. The second-order valence-corrected chi connectivity index (χ2v) is 7.88. The number of nitrogen functional groups attached to an aromatic ring is 1. The number of fused-ring (bicyclic) bond motifs is 1. The Morgan fingerprint density at radius 1 is 1.26 bits per heavy atom. The largest absolute Gasteiger partial charge is 0.398 e. The smallest absolute Gasteiger partial charge is 0.137 e. The lowest BCUT2D eigenvalue weighted by Crippen LogP contribution is -2.39. The molecule has 1 saturated heterocycles. The van der Waals surface area contributed by atoms with Crippen LogP contribution in [0.5, 0.6) is 0 Å². The molecule has 2 aromatic heterocycles. The van der Waals surface area contributed by atoms with Gasteiger partial charge in [0, 0.05) is 29.9 Å². The molecule has 0 amide bonds. The quantitative estimate of drug-likeness (QED) is 0.932. The molecule has 1 fully saturated rings. The van der Waals surface area contributed by atoms with Crippen molar-refractivity contribution < 1.29 is 0 Å². The summed E-state index contributed by atoms with van der Waals surface area (Å²) in [7, 11) is 0. The molecule has 1 aliphatic rings. The summed E-state index contributed by atoms with van der Waals surface area (Å²) >= 11 is 0. The van der Waals surface area contributed by atoms with Crippen LogP contribution in [0.2, 0.25) is 0 Å². The highest BCUT2D eigenvalue weighted by atomic mass is 15.2. The Labute approximate surface area is 139 Å². The van der Waals surface area contributed by atoms with E-state index in [1.807, 2.05) is 18.3 Å². The van der Waals surface area contributed by atoms with Crippen molar-refractivity contribution in [3.63, 3.8) is 0 Å². The average Bonchev–Trinajstić information content (AvgIpc) is 2.86. The summed E-state index contributed by atoms with van der Waals surface area (Å²) < 4.78 is 2.21. The maximum Gasteiger partial charge on any atom is 0.137 e. The maximum atomic E-state index is 6.04. The number of likely N-dealkylation sites (tertiary alicyclic amines) is 1. The summed E-state index contributed by atoms with van der Waals surface area (Å²) in [6, 6.07) is 4.67. The van der Waals surface area contributed by atoms with E-state index in [-0.39, 0.29) is 5.41 Å². The van der Waals surface area contributed by atoms with Gasteiger partial charge in [-0.3, -0.25) is 4.90 Å². The number of aromatic nitrogens is 2. The molecule has 3 heterocycles. The van der Waals surface area contributed by atoms with Crippen LogP contribution < -0.4 is 5.73 Å². The van der Waals surface area contributed by atoms with Gasteiger partial charge in [-0.2, -0.15) is 0 Å². The molecule has 0 spiro atoms. The van der Waals surface area contributed by atoms with E-state index in [2.05, 4.69) is 37.0 Å². The van der Waals surface area contributed by atoms with Gasteiger partial charge in [0.25, 0.3) is 0 Å². The Kier molecular flexibility index (Phi) is 4.37. The first-order chi connectivity index (χ1) is 10.9. The van der Waals surface area contributed by atoms with Gasteiger partial charge >= 0.3 is 0 Å². The second-order valence-electron chi connectivity index (χ2n) is 7.88. The molecule has 2 aromatic rings. The zero-order valence-electron chi connectivity index (χ0n) is 15.0. The number of pyridine rings is 1. The van der Waals surface area contributed by atoms with Crippen LogP contribution in [-0.4, -0.2) is 26.9 Å². The summed E-state index contributed by atoms with van der Waals surface area (Å²) in [6.45, 7) is 11.2. The van der Waals surface area contributed by atoms with Crippen molar-refractivity contribution in [1.82, 2.24) is 14.3 Å². The van der Waals surface area contributed by atoms with Crippen LogP contribution in [0.25, 0.3) is 5.65 Å². The Balaban J connectivity index is 2.05. The van der Waals surface area contributed by atoms with Crippen LogP contribution in [0.3, 0.4) is 0 Å². The fourth-order valence-electron chi connectivity index (χ4n) is 3.78. The molecule has 23 heavy (non-hydrogen) atoms. The van der Waals surface area contributed by atoms with E-state index in [1.165, 1.54) is 43.6 Å². The monoisotopic (exact) mass is 314 g/mol. The summed E-state index contributed by atoms with van der Waals surface area (Å²) in [5.74, 6) is 0. The molecular weight excluding hydrogens is 284 g/mol. The number of nitrogens with two attached hydrogens (primary N) is 1. The van der Waals surface area contributed by atoms with E-state index in [0.29, 0.717) is 6.04 Å². The SMILES string of the molecule is CCC1CCCCN1Cc1c(C(C)(C)C)nc2ccc(N)cn12. The highest BCUT2D eigenvalue weighted by Gasteiger charge is 2.28. The van der Waals surface area contributed by atoms with Crippen molar-refractivity contribution in [1.29, 1.82) is 0 Å². The van der Waals surface area contributed by atoms with E-state index in [4.69, 9.17) is 10.7 Å². The van der Waals surface area contributed by atoms with E-state index < -0.39 is 0 Å². The van der Waals surface area contributed by atoms with E-state index in [1.54, 1.807) is 0 Å². The first-order valence-corrected chi connectivity index (χ1v) is 8.91. The molecule has 1 atom stereocenters. The Morgan fingerprint density at radius 2 is 2.04 bits per heavy atom. The normalized spacial score (nSPS) is 20.3. The molecule has 1 unspecified atom stereocenters. The van der Waals surface area contributed by atoms with Gasteiger partial charge in [0.2, 0.25) is 0 Å². The summed E-state index contributed by atoms with van der Waals surface area (Å²) in [4.78, 5) is 7.57. The molecule has 3 rings (SSSR count). The van der Waals surface area contributed by atoms with Gasteiger partial charge in [0.05, 0.1) is 11.4 Å². The van der Waals surface area contributed by atoms with Gasteiger partial charge in [0.15, 0.2) is 0 Å². The summed E-state index contributed by atoms with van der Waals surface area (Å²) in [5, 5.41) is 0. The Hall–Kier alpha value is -1.55. The van der Waals surface area contributed by atoms with Gasteiger partial charge in [-0.1, -0.05) is 34.1 Å². The second kappa shape index (κ2) is 6.16. The van der Waals surface area contributed by atoms with Gasteiger partial charge in [-0.25, -0.2) is 4.98 Å². The van der Waals surface area contributed by atoms with Crippen LogP contribution in [-0.2, 0) is 12.0 Å². The Morgan fingerprint density at radius 3 is 2.74 bits per heavy atom. The number of anilines is 1. The molecule has 2 N–H and O–H groups in total. The lowest BCUT2D eigenvalue weighted by molar-refractivity contribution is 0.133. The molecule has 0 saturated carbocycles. The topological polar surface area (TPSA) is 46.6 Å². The third kappa shape index (κ3) is 3.23. The standard InChI is InChI=1S/C19H30N4/c1-5-15-8-6-7-11-22(15)13-16-18(19(2,3)4)21-17-10-9-14(20)12-23(16)17/h9-10,12,15H,5-8,11,13,20H2,1-4H3. The molecule has 0 aromatic carbocycles. The average molecular weight is 314 g/mol. The maximum absolute atomic E-state index is 6.04. The zero-order valence-corrected chi connectivity index (χ0v) is 15.0. The third-order valence-electron chi connectivity index (χ3n) is 5.02. The summed E-state index contributed by atoms with van der Waals surface area (Å²) in [6.07, 6.45) is 7.24. The number of imidazole rings is 1. The minimum absolute atomic E-state index is 0.0353. The first-order valence-electron chi connectivity index (χ1n) is 8.91. The van der Waals surface area contributed by atoms with E-state index >= 15 is 0 Å². The predicted molar refractivity (Wildman–Crippen MR) is 96.6 cm³/mol. The van der Waals surface area contributed by atoms with Crippen LogP contribution in [0, 0.1) is 0 Å². The first kappa shape index (κ1) is 16.3. The lowest BCUT2D eigenvalue weighted by Gasteiger charge is -2.35. The van der Waals surface area contributed by atoms with Gasteiger partial charge < -0.3 is 10.1 Å². The lowest BCUT2D eigenvalue weighted by atomic mass is 9.90. The van der Waals surface area contributed by atoms with Gasteiger partial charge in [-0.05, 0) is 37.9 Å². The van der Waals surface area contributed by atoms with Crippen LogP contribution >= 0.6 is 0 Å². The molecule has 0 radical (unpaired) electrons. The van der Waals surface area contributed by atoms with Crippen molar-refractivity contribution in [3.05, 3.63) is 29.7 Å². The molecule has 1 aliphatic heterocycles. The molecule has 126 valence electrons. The van der Waals surface area contributed by atoms with Crippen LogP contribution in [0.15, 0.2) is 18.3 Å². The van der Waals surface area contributed by atoms with Crippen molar-refractivity contribution in [3.8, 4) is 0 Å². The van der Waals surface area contributed by atoms with Crippen LogP contribution in [0.1, 0.15) is 64.8 Å². The number of nitrogens with zero attached hydrogens (tertiary/aromatic N) is 3.